The van der Waals surface area contributed by atoms with Gasteiger partial charge in [0.05, 0.1) is 9.79 Å². The van der Waals surface area contributed by atoms with Gasteiger partial charge in [-0.15, -0.1) is 0 Å². The molecule has 0 unspecified atom stereocenters. The van der Waals surface area contributed by atoms with E-state index < -0.39 is 55.8 Å². The summed E-state index contributed by atoms with van der Waals surface area (Å²) in [4.78, 5) is -3.25. The first-order valence-corrected chi connectivity index (χ1v) is 9.74. The molecule has 0 aromatic heterocycles. The summed E-state index contributed by atoms with van der Waals surface area (Å²) >= 11 is 0. The van der Waals surface area contributed by atoms with E-state index in [1.54, 1.807) is 0 Å². The zero-order valence-corrected chi connectivity index (χ0v) is 19.3. The number of rotatable bonds is 3. The molecule has 126 valence electrons. The van der Waals surface area contributed by atoms with Crippen LogP contribution in [0.2, 0.25) is 0 Å². The Morgan fingerprint density at radius 3 is 1.76 bits per heavy atom. The molecular formula is C10H7NNa2O9S3. The van der Waals surface area contributed by atoms with Crippen molar-refractivity contribution in [2.75, 3.05) is 5.73 Å². The van der Waals surface area contributed by atoms with Crippen molar-refractivity contribution in [1.29, 1.82) is 0 Å². The Morgan fingerprint density at radius 1 is 0.840 bits per heavy atom. The molecule has 0 amide bonds. The molecule has 2 aromatic rings. The maximum absolute atomic E-state index is 11.3. The summed E-state index contributed by atoms with van der Waals surface area (Å²) in [5, 5.41) is -1.29. The van der Waals surface area contributed by atoms with E-state index in [1.165, 1.54) is 0 Å². The SMILES string of the molecule is Nc1ccc(S(=O)(=O)O)c2cc(S(=O)(=O)[O-])cc(S(=O)(=O)[O-])c12.[Na+].[Na+]. The van der Waals surface area contributed by atoms with Crippen LogP contribution < -0.4 is 64.8 Å². The summed E-state index contributed by atoms with van der Waals surface area (Å²) in [6, 6.07) is 2.49. The van der Waals surface area contributed by atoms with Gasteiger partial charge in [0, 0.05) is 16.5 Å². The molecular weight excluding hydrogens is 420 g/mol. The average Bonchev–Trinajstić information content (AvgIpc) is 2.34. The Kier molecular flexibility index (Phi) is 8.15. The molecule has 2 rings (SSSR count). The molecule has 0 saturated carbocycles. The molecule has 0 heterocycles. The molecule has 15 heteroatoms. The number of fused-ring (bicyclic) bond motifs is 1. The third kappa shape index (κ3) is 5.37. The van der Waals surface area contributed by atoms with Crippen molar-refractivity contribution in [3.05, 3.63) is 24.3 Å². The molecule has 0 aliphatic rings. The van der Waals surface area contributed by atoms with Crippen molar-refractivity contribution in [1.82, 2.24) is 0 Å². The van der Waals surface area contributed by atoms with Crippen LogP contribution in [0.15, 0.2) is 39.0 Å². The van der Waals surface area contributed by atoms with Crippen molar-refractivity contribution in [3.63, 3.8) is 0 Å². The van der Waals surface area contributed by atoms with Gasteiger partial charge >= 0.3 is 59.1 Å². The third-order valence-corrected chi connectivity index (χ3v) is 5.47. The van der Waals surface area contributed by atoms with Gasteiger partial charge in [-0.3, -0.25) is 4.55 Å². The number of benzene rings is 2. The fourth-order valence-electron chi connectivity index (χ4n) is 1.99. The minimum Gasteiger partial charge on any atom is -0.744 e. The second-order valence-electron chi connectivity index (χ2n) is 4.38. The van der Waals surface area contributed by atoms with Crippen LogP contribution in [0.3, 0.4) is 0 Å². The van der Waals surface area contributed by atoms with Crippen LogP contribution >= 0.6 is 0 Å². The first-order valence-electron chi connectivity index (χ1n) is 5.48. The maximum atomic E-state index is 11.3. The van der Waals surface area contributed by atoms with E-state index in [2.05, 4.69) is 0 Å². The van der Waals surface area contributed by atoms with E-state index >= 15 is 0 Å². The molecule has 0 radical (unpaired) electrons. The predicted molar refractivity (Wildman–Crippen MR) is 74.1 cm³/mol. The van der Waals surface area contributed by atoms with E-state index in [1.807, 2.05) is 0 Å². The molecule has 0 aliphatic heterocycles. The Hall–Kier alpha value is 0.230. The van der Waals surface area contributed by atoms with Gasteiger partial charge in [0.15, 0.2) is 0 Å². The first-order chi connectivity index (χ1) is 10.2. The van der Waals surface area contributed by atoms with Crippen molar-refractivity contribution in [2.45, 2.75) is 14.7 Å². The smallest absolute Gasteiger partial charge is 0.744 e. The van der Waals surface area contributed by atoms with Crippen LogP contribution in [0.4, 0.5) is 5.69 Å². The number of hydrogen-bond donors (Lipinski definition) is 2. The van der Waals surface area contributed by atoms with Gasteiger partial charge in [-0.2, -0.15) is 8.42 Å². The second-order valence-corrected chi connectivity index (χ2v) is 8.50. The van der Waals surface area contributed by atoms with E-state index in [-0.39, 0.29) is 70.9 Å². The van der Waals surface area contributed by atoms with Crippen LogP contribution in [0, 0.1) is 0 Å². The van der Waals surface area contributed by atoms with Gasteiger partial charge in [0.2, 0.25) is 0 Å². The standard InChI is InChI=1S/C10H9NO9S3.2Na/c11-7-1-2-8(22(15,16)17)6-3-5(21(12,13)14)4-9(10(6)7)23(18,19)20;;/h1-4H,11H2,(H,12,13,14)(H,15,16,17)(H,18,19,20);;/q;2*+1/p-2. The van der Waals surface area contributed by atoms with Gasteiger partial charge in [0.25, 0.3) is 10.1 Å². The van der Waals surface area contributed by atoms with Gasteiger partial charge < -0.3 is 14.8 Å². The second kappa shape index (κ2) is 8.08. The maximum Gasteiger partial charge on any atom is 1.00 e. The van der Waals surface area contributed by atoms with Crippen LogP contribution in [0.25, 0.3) is 10.8 Å². The molecule has 3 N–H and O–H groups in total. The van der Waals surface area contributed by atoms with Crippen molar-refractivity contribution in [3.8, 4) is 0 Å². The summed E-state index contributed by atoms with van der Waals surface area (Å²) < 4.78 is 99.1. The van der Waals surface area contributed by atoms with Crippen LogP contribution in [-0.4, -0.2) is 38.9 Å². The van der Waals surface area contributed by atoms with Gasteiger partial charge in [-0.1, -0.05) is 0 Å². The van der Waals surface area contributed by atoms with E-state index in [9.17, 15) is 34.4 Å². The summed E-state index contributed by atoms with van der Waals surface area (Å²) in [6.07, 6.45) is 0. The van der Waals surface area contributed by atoms with Crippen molar-refractivity contribution >= 4 is 46.8 Å². The van der Waals surface area contributed by atoms with Crippen LogP contribution in [-0.2, 0) is 30.4 Å². The number of nitrogens with two attached hydrogens (primary N) is 1. The molecule has 0 spiro atoms. The molecule has 0 fully saturated rings. The molecule has 0 saturated heterocycles. The van der Waals surface area contributed by atoms with E-state index in [4.69, 9.17) is 10.3 Å². The molecule has 2 aromatic carbocycles. The molecule has 10 nitrogen and oxygen atoms in total. The Bertz CT molecular complexity index is 1140. The summed E-state index contributed by atoms with van der Waals surface area (Å²) in [5.41, 5.74) is 5.15. The minimum atomic E-state index is -5.31. The monoisotopic (exact) mass is 427 g/mol. The molecule has 0 bridgehead atoms. The van der Waals surface area contributed by atoms with Crippen LogP contribution in [0.5, 0.6) is 0 Å². The fourth-order valence-corrected chi connectivity index (χ4v) is 4.01. The zero-order chi connectivity index (χ0) is 17.8. The van der Waals surface area contributed by atoms with Gasteiger partial charge in [0.1, 0.15) is 25.1 Å². The molecule has 0 atom stereocenters. The normalized spacial score (nSPS) is 12.3. The summed E-state index contributed by atoms with van der Waals surface area (Å²) in [7, 11) is -15.4. The first kappa shape index (κ1) is 25.2. The fraction of sp³-hybridized carbons (Fsp3) is 0. The Labute approximate surface area is 187 Å². The van der Waals surface area contributed by atoms with Crippen LogP contribution in [0.1, 0.15) is 0 Å². The van der Waals surface area contributed by atoms with Gasteiger partial charge in [-0.05, 0) is 24.3 Å². The molecule has 25 heavy (non-hydrogen) atoms. The van der Waals surface area contributed by atoms with Crippen molar-refractivity contribution < 1.29 is 98.0 Å². The minimum absolute atomic E-state index is 0. The zero-order valence-electron chi connectivity index (χ0n) is 12.8. The largest absolute Gasteiger partial charge is 1.00 e. The third-order valence-electron chi connectivity index (χ3n) is 2.88. The predicted octanol–water partition coefficient (Wildman–Crippen LogP) is -6.52. The Morgan fingerprint density at radius 2 is 1.36 bits per heavy atom. The summed E-state index contributed by atoms with van der Waals surface area (Å²) in [5.74, 6) is 0. The number of hydrogen-bond acceptors (Lipinski definition) is 9. The average molecular weight is 427 g/mol. The summed E-state index contributed by atoms with van der Waals surface area (Å²) in [6.45, 7) is 0. The van der Waals surface area contributed by atoms with E-state index in [0.717, 1.165) is 12.1 Å². The topological polar surface area (TPSA) is 195 Å². The van der Waals surface area contributed by atoms with Crippen molar-refractivity contribution in [2.24, 2.45) is 0 Å². The van der Waals surface area contributed by atoms with E-state index in [0.29, 0.717) is 6.07 Å². The number of nitrogen functional groups attached to an aromatic ring is 1. The number of anilines is 1. The quantitative estimate of drug-likeness (QED) is 0.270. The van der Waals surface area contributed by atoms with Gasteiger partial charge in [-0.25, -0.2) is 16.8 Å². The Balaban J connectivity index is 0.00000288. The molecule has 0 aliphatic carbocycles.